The predicted molar refractivity (Wildman–Crippen MR) is 58.4 cm³/mol. The summed E-state index contributed by atoms with van der Waals surface area (Å²) in [6, 6.07) is 2.43. The number of aromatic nitrogens is 3. The van der Waals surface area contributed by atoms with Crippen molar-refractivity contribution in [1.82, 2.24) is 15.0 Å². The molecule has 0 spiro atoms. The molecule has 0 aliphatic heterocycles. The van der Waals surface area contributed by atoms with Gasteiger partial charge in [0.25, 0.3) is 0 Å². The van der Waals surface area contributed by atoms with Gasteiger partial charge in [-0.25, -0.2) is 0 Å². The quantitative estimate of drug-likeness (QED) is 0.777. The maximum atomic E-state index is 8.96. The first-order chi connectivity index (χ1) is 7.56. The van der Waals surface area contributed by atoms with E-state index in [-0.39, 0.29) is 5.41 Å². The van der Waals surface area contributed by atoms with Gasteiger partial charge in [0, 0.05) is 12.7 Å². The summed E-state index contributed by atoms with van der Waals surface area (Å²) in [6.45, 7) is 5.19. The largest absolute Gasteiger partial charge is 0.252 e. The molecule has 0 atom stereocenters. The highest BCUT2D eigenvalue weighted by molar-refractivity contribution is 5.25. The van der Waals surface area contributed by atoms with Crippen molar-refractivity contribution in [2.24, 2.45) is 10.8 Å². The van der Waals surface area contributed by atoms with E-state index in [1.165, 1.54) is 0 Å². The lowest BCUT2D eigenvalue weighted by molar-refractivity contribution is -0.174. The van der Waals surface area contributed by atoms with Crippen LogP contribution < -0.4 is 0 Å². The fraction of sp³-hybridized carbons (Fsp3) is 0.750. The van der Waals surface area contributed by atoms with Crippen molar-refractivity contribution in [2.45, 2.75) is 45.6 Å². The number of rotatable bonds is 3. The van der Waals surface area contributed by atoms with Crippen LogP contribution in [0.1, 0.15) is 44.7 Å². The van der Waals surface area contributed by atoms with Crippen molar-refractivity contribution in [3.63, 3.8) is 0 Å². The van der Waals surface area contributed by atoms with E-state index in [0.29, 0.717) is 11.3 Å². The number of nitrogens with zero attached hydrogens (tertiary/aromatic N) is 4. The Kier molecular flexibility index (Phi) is 1.75. The fourth-order valence-corrected chi connectivity index (χ4v) is 3.28. The van der Waals surface area contributed by atoms with Crippen molar-refractivity contribution in [3.05, 3.63) is 11.9 Å². The molecule has 4 rings (SSSR count). The van der Waals surface area contributed by atoms with Crippen molar-refractivity contribution >= 4 is 0 Å². The molecular formula is C12H16N4. The Labute approximate surface area is 95.3 Å². The molecule has 1 aromatic heterocycles. The third-order valence-electron chi connectivity index (χ3n) is 4.02. The Morgan fingerprint density at radius 3 is 2.69 bits per heavy atom. The molecule has 0 unspecified atom stereocenters. The first kappa shape index (κ1) is 9.83. The zero-order valence-electron chi connectivity index (χ0n) is 9.77. The van der Waals surface area contributed by atoms with E-state index in [2.05, 4.69) is 30.2 Å². The molecule has 84 valence electrons. The molecule has 0 amide bonds. The molecule has 4 nitrogen and oxygen atoms in total. The highest BCUT2D eigenvalue weighted by atomic mass is 15.4. The first-order valence-corrected chi connectivity index (χ1v) is 5.88. The molecule has 3 aliphatic rings. The molecule has 3 aliphatic carbocycles. The maximum absolute atomic E-state index is 8.96. The van der Waals surface area contributed by atoms with Gasteiger partial charge in [-0.2, -0.15) is 5.26 Å². The lowest BCUT2D eigenvalue weighted by Gasteiger charge is -2.67. The third-order valence-corrected chi connectivity index (χ3v) is 4.02. The van der Waals surface area contributed by atoms with Crippen LogP contribution >= 0.6 is 0 Å². The van der Waals surface area contributed by atoms with E-state index in [1.807, 2.05) is 10.9 Å². The van der Waals surface area contributed by atoms with Crippen LogP contribution in [0.5, 0.6) is 0 Å². The van der Waals surface area contributed by atoms with Crippen molar-refractivity contribution in [3.8, 4) is 6.07 Å². The van der Waals surface area contributed by atoms with Gasteiger partial charge in [0.15, 0.2) is 0 Å². The summed E-state index contributed by atoms with van der Waals surface area (Å²) in [6.07, 6.45) is 5.23. The summed E-state index contributed by atoms with van der Waals surface area (Å²) >= 11 is 0. The molecule has 0 saturated heterocycles. The van der Waals surface area contributed by atoms with Crippen molar-refractivity contribution in [2.75, 3.05) is 0 Å². The second kappa shape index (κ2) is 2.85. The van der Waals surface area contributed by atoms with Crippen LogP contribution in [-0.4, -0.2) is 15.0 Å². The van der Waals surface area contributed by atoms with Gasteiger partial charge in [0.1, 0.15) is 0 Å². The van der Waals surface area contributed by atoms with Gasteiger partial charge in [-0.05, 0) is 30.6 Å². The zero-order valence-corrected chi connectivity index (χ0v) is 9.77. The Morgan fingerprint density at radius 2 is 2.19 bits per heavy atom. The third kappa shape index (κ3) is 1.21. The van der Waals surface area contributed by atoms with Gasteiger partial charge in [-0.3, -0.25) is 4.68 Å². The minimum absolute atomic E-state index is 0.0431. The van der Waals surface area contributed by atoms with Crippen LogP contribution in [0, 0.1) is 22.2 Å². The van der Waals surface area contributed by atoms with E-state index >= 15 is 0 Å². The molecule has 3 saturated carbocycles. The standard InChI is InChI=1S/C12H16N4/c1-9(2)10-3-16(15-14-10)8-12-4-11(5-12,6-12)7-13/h3,9H,4-6,8H2,1-2H3. The Hall–Kier alpha value is -1.37. The molecule has 16 heavy (non-hydrogen) atoms. The predicted octanol–water partition coefficient (Wildman–Crippen LogP) is 2.10. The van der Waals surface area contributed by atoms with E-state index < -0.39 is 0 Å². The molecule has 1 aromatic rings. The topological polar surface area (TPSA) is 54.5 Å². The van der Waals surface area contributed by atoms with Gasteiger partial charge in [-0.1, -0.05) is 19.1 Å². The SMILES string of the molecule is CC(C)c1cn(CC23CC(C#N)(C2)C3)nn1. The molecule has 4 heteroatoms. The molecule has 0 aromatic carbocycles. The molecule has 1 heterocycles. The summed E-state index contributed by atoms with van der Waals surface area (Å²) in [5.41, 5.74) is 1.47. The summed E-state index contributed by atoms with van der Waals surface area (Å²) in [5, 5.41) is 17.3. The smallest absolute Gasteiger partial charge is 0.0852 e. The minimum Gasteiger partial charge on any atom is -0.252 e. The molecular weight excluding hydrogens is 200 g/mol. The van der Waals surface area contributed by atoms with Crippen molar-refractivity contribution in [1.29, 1.82) is 5.26 Å². The van der Waals surface area contributed by atoms with Crippen LogP contribution in [0.25, 0.3) is 0 Å². The van der Waals surface area contributed by atoms with E-state index in [0.717, 1.165) is 31.5 Å². The van der Waals surface area contributed by atoms with Crippen molar-refractivity contribution < 1.29 is 0 Å². The fourth-order valence-electron chi connectivity index (χ4n) is 3.28. The van der Waals surface area contributed by atoms with Gasteiger partial charge in [0.05, 0.1) is 17.2 Å². The highest BCUT2D eigenvalue weighted by Gasteiger charge is 2.68. The summed E-state index contributed by atoms with van der Waals surface area (Å²) in [5.74, 6) is 0.437. The first-order valence-electron chi connectivity index (χ1n) is 5.88. The Balaban J connectivity index is 1.67. The average Bonchev–Trinajstić information content (AvgIpc) is 2.57. The van der Waals surface area contributed by atoms with E-state index in [4.69, 9.17) is 5.26 Å². The molecule has 0 radical (unpaired) electrons. The van der Waals surface area contributed by atoms with Gasteiger partial charge < -0.3 is 0 Å². The zero-order chi connectivity index (χ0) is 11.4. The van der Waals surface area contributed by atoms with E-state index in [9.17, 15) is 0 Å². The molecule has 0 N–H and O–H groups in total. The van der Waals surface area contributed by atoms with Gasteiger partial charge >= 0.3 is 0 Å². The Morgan fingerprint density at radius 1 is 1.50 bits per heavy atom. The number of hydrogen-bond donors (Lipinski definition) is 0. The minimum atomic E-state index is 0.0431. The normalized spacial score (nSPS) is 35.4. The summed E-state index contributed by atoms with van der Waals surface area (Å²) in [4.78, 5) is 0. The number of nitriles is 1. The summed E-state index contributed by atoms with van der Waals surface area (Å²) in [7, 11) is 0. The van der Waals surface area contributed by atoms with Gasteiger partial charge in [-0.15, -0.1) is 5.10 Å². The van der Waals surface area contributed by atoms with Crippen LogP contribution in [0.4, 0.5) is 0 Å². The van der Waals surface area contributed by atoms with Gasteiger partial charge in [0.2, 0.25) is 0 Å². The molecule has 2 bridgehead atoms. The second-order valence-corrected chi connectivity index (χ2v) is 5.92. The van der Waals surface area contributed by atoms with Crippen LogP contribution in [-0.2, 0) is 6.54 Å². The van der Waals surface area contributed by atoms with Crippen LogP contribution in [0.3, 0.4) is 0 Å². The molecule has 3 fully saturated rings. The summed E-state index contributed by atoms with van der Waals surface area (Å²) < 4.78 is 1.95. The number of hydrogen-bond acceptors (Lipinski definition) is 3. The van der Waals surface area contributed by atoms with E-state index in [1.54, 1.807) is 0 Å². The highest BCUT2D eigenvalue weighted by Crippen LogP contribution is 2.73. The maximum Gasteiger partial charge on any atom is 0.0852 e. The van der Waals surface area contributed by atoms with Crippen LogP contribution in [0.15, 0.2) is 6.20 Å². The lowest BCUT2D eigenvalue weighted by Crippen LogP contribution is -2.62. The second-order valence-electron chi connectivity index (χ2n) is 5.92. The lowest BCUT2D eigenvalue weighted by atomic mass is 9.36. The Bertz CT molecular complexity index is 446. The monoisotopic (exact) mass is 216 g/mol. The average molecular weight is 216 g/mol. The van der Waals surface area contributed by atoms with Crippen LogP contribution in [0.2, 0.25) is 0 Å².